The van der Waals surface area contributed by atoms with Crippen LogP contribution >= 0.6 is 0 Å². The molecule has 104 valence electrons. The molecule has 19 heavy (non-hydrogen) atoms. The van der Waals surface area contributed by atoms with E-state index in [0.29, 0.717) is 5.41 Å². The van der Waals surface area contributed by atoms with Gasteiger partial charge in [0, 0.05) is 6.04 Å². The number of methoxy groups -OCH3 is 1. The molecule has 0 saturated carbocycles. The van der Waals surface area contributed by atoms with Gasteiger partial charge in [-0.1, -0.05) is 43.2 Å². The highest BCUT2D eigenvalue weighted by Crippen LogP contribution is 2.37. The summed E-state index contributed by atoms with van der Waals surface area (Å²) in [6.45, 7) is 6.72. The molecule has 1 aliphatic carbocycles. The summed E-state index contributed by atoms with van der Waals surface area (Å²) in [6.07, 6.45) is 5.38. The molecule has 0 radical (unpaired) electrons. The highest BCUT2D eigenvalue weighted by atomic mass is 16.5. The lowest BCUT2D eigenvalue weighted by Gasteiger charge is -2.33. The average Bonchev–Trinajstić information content (AvgIpc) is 2.26. The number of nitrogens with two attached hydrogens (primary N) is 1. The number of hydrogen-bond donors (Lipinski definition) is 1. The molecule has 0 aromatic heterocycles. The van der Waals surface area contributed by atoms with Crippen LogP contribution in [0.25, 0.3) is 0 Å². The van der Waals surface area contributed by atoms with Gasteiger partial charge in [0.15, 0.2) is 0 Å². The van der Waals surface area contributed by atoms with E-state index in [1.807, 2.05) is 0 Å². The smallest absolute Gasteiger partial charge is 0.122 e. The molecule has 0 saturated heterocycles. The summed E-state index contributed by atoms with van der Waals surface area (Å²) in [7, 11) is 1.74. The number of ether oxygens (including phenoxy) is 1. The average molecular weight is 259 g/mol. The van der Waals surface area contributed by atoms with E-state index in [1.165, 1.54) is 16.7 Å². The highest BCUT2D eigenvalue weighted by Gasteiger charge is 2.27. The fourth-order valence-corrected chi connectivity index (χ4v) is 3.16. The first-order valence-corrected chi connectivity index (χ1v) is 6.98. The quantitative estimate of drug-likeness (QED) is 0.841. The molecule has 1 aliphatic rings. The minimum absolute atomic E-state index is 0.189. The van der Waals surface area contributed by atoms with Crippen molar-refractivity contribution in [2.75, 3.05) is 7.11 Å². The summed E-state index contributed by atoms with van der Waals surface area (Å²) >= 11 is 0. The van der Waals surface area contributed by atoms with E-state index in [9.17, 15) is 0 Å². The maximum atomic E-state index is 6.15. The molecule has 0 heterocycles. The fraction of sp³-hybridized carbons (Fsp3) is 0.529. The molecule has 1 aromatic carbocycles. The molecular formula is C17H25NO. The first kappa shape index (κ1) is 14.1. The second-order valence-corrected chi connectivity index (χ2v) is 6.53. The molecule has 2 heteroatoms. The lowest BCUT2D eigenvalue weighted by molar-refractivity contribution is 0.299. The van der Waals surface area contributed by atoms with Gasteiger partial charge in [0.25, 0.3) is 0 Å². The van der Waals surface area contributed by atoms with Crippen molar-refractivity contribution in [3.05, 3.63) is 41.0 Å². The lowest BCUT2D eigenvalue weighted by atomic mass is 9.74. The first-order chi connectivity index (χ1) is 8.89. The summed E-state index contributed by atoms with van der Waals surface area (Å²) in [6, 6.07) is 6.55. The Kier molecular flexibility index (Phi) is 4.00. The topological polar surface area (TPSA) is 35.2 Å². The van der Waals surface area contributed by atoms with Crippen molar-refractivity contribution in [1.82, 2.24) is 0 Å². The van der Waals surface area contributed by atoms with Crippen molar-refractivity contribution < 1.29 is 4.74 Å². The normalized spacial score (nSPS) is 21.9. The Hall–Kier alpha value is -1.28. The second-order valence-electron chi connectivity index (χ2n) is 6.53. The zero-order valence-corrected chi connectivity index (χ0v) is 12.5. The van der Waals surface area contributed by atoms with E-state index < -0.39 is 0 Å². The van der Waals surface area contributed by atoms with E-state index in [1.54, 1.807) is 7.11 Å². The van der Waals surface area contributed by atoms with Crippen LogP contribution in [0.2, 0.25) is 0 Å². The van der Waals surface area contributed by atoms with Gasteiger partial charge < -0.3 is 10.5 Å². The minimum atomic E-state index is 0.189. The summed E-state index contributed by atoms with van der Waals surface area (Å²) in [5.74, 6) is 0.975. The minimum Gasteiger partial charge on any atom is -0.496 e. The molecule has 2 rings (SSSR count). The van der Waals surface area contributed by atoms with Crippen LogP contribution in [-0.2, 0) is 6.42 Å². The van der Waals surface area contributed by atoms with E-state index in [0.717, 1.165) is 25.0 Å². The van der Waals surface area contributed by atoms with Crippen LogP contribution < -0.4 is 10.5 Å². The third-order valence-corrected chi connectivity index (χ3v) is 3.80. The van der Waals surface area contributed by atoms with Gasteiger partial charge in [-0.2, -0.15) is 0 Å². The van der Waals surface area contributed by atoms with E-state index in [4.69, 9.17) is 10.5 Å². The van der Waals surface area contributed by atoms with Gasteiger partial charge >= 0.3 is 0 Å². The van der Waals surface area contributed by atoms with Gasteiger partial charge in [-0.3, -0.25) is 0 Å². The fourth-order valence-electron chi connectivity index (χ4n) is 3.16. The Bertz CT molecular complexity index is 488. The van der Waals surface area contributed by atoms with Crippen molar-refractivity contribution in [2.45, 2.75) is 46.1 Å². The molecule has 0 spiro atoms. The summed E-state index contributed by atoms with van der Waals surface area (Å²) in [4.78, 5) is 0. The Morgan fingerprint density at radius 1 is 1.37 bits per heavy atom. The molecule has 0 aliphatic heterocycles. The van der Waals surface area contributed by atoms with Crippen LogP contribution in [0.4, 0.5) is 0 Å². The Morgan fingerprint density at radius 2 is 2.11 bits per heavy atom. The SMILES string of the molecule is COc1ccc(C)cc1CC1=CC(N)CC(C)(C)C1. The number of rotatable bonds is 3. The molecule has 0 bridgehead atoms. The van der Waals surface area contributed by atoms with Gasteiger partial charge in [-0.05, 0) is 43.2 Å². The van der Waals surface area contributed by atoms with Gasteiger partial charge in [-0.15, -0.1) is 0 Å². The number of benzene rings is 1. The van der Waals surface area contributed by atoms with Crippen LogP contribution in [0, 0.1) is 12.3 Å². The molecule has 1 unspecified atom stereocenters. The van der Waals surface area contributed by atoms with E-state index >= 15 is 0 Å². The van der Waals surface area contributed by atoms with Crippen molar-refractivity contribution in [3.63, 3.8) is 0 Å². The summed E-state index contributed by atoms with van der Waals surface area (Å²) in [5, 5.41) is 0. The van der Waals surface area contributed by atoms with Gasteiger partial charge in [0.05, 0.1) is 7.11 Å². The van der Waals surface area contributed by atoms with Gasteiger partial charge in [-0.25, -0.2) is 0 Å². The Balaban J connectivity index is 2.23. The monoisotopic (exact) mass is 259 g/mol. The van der Waals surface area contributed by atoms with Crippen LogP contribution in [0.3, 0.4) is 0 Å². The molecule has 1 atom stereocenters. The number of allylic oxidation sites excluding steroid dienone is 1. The third kappa shape index (κ3) is 3.60. The van der Waals surface area contributed by atoms with Crippen LogP contribution in [0.15, 0.2) is 29.8 Å². The van der Waals surface area contributed by atoms with Crippen molar-refractivity contribution >= 4 is 0 Å². The van der Waals surface area contributed by atoms with Gasteiger partial charge in [0.1, 0.15) is 5.75 Å². The van der Waals surface area contributed by atoms with Crippen molar-refractivity contribution in [3.8, 4) is 5.75 Å². The largest absolute Gasteiger partial charge is 0.496 e. The van der Waals surface area contributed by atoms with E-state index in [2.05, 4.69) is 45.0 Å². The summed E-state index contributed by atoms with van der Waals surface area (Å²) < 4.78 is 5.46. The Labute approximate surface area is 116 Å². The van der Waals surface area contributed by atoms with Crippen molar-refractivity contribution in [2.24, 2.45) is 11.1 Å². The van der Waals surface area contributed by atoms with Crippen molar-refractivity contribution in [1.29, 1.82) is 0 Å². The summed E-state index contributed by atoms with van der Waals surface area (Å²) in [5.41, 5.74) is 10.4. The molecular weight excluding hydrogens is 234 g/mol. The predicted molar refractivity (Wildman–Crippen MR) is 80.5 cm³/mol. The zero-order valence-electron chi connectivity index (χ0n) is 12.5. The second kappa shape index (κ2) is 5.38. The van der Waals surface area contributed by atoms with Crippen LogP contribution in [0.1, 0.15) is 37.8 Å². The maximum absolute atomic E-state index is 6.15. The standard InChI is InChI=1S/C17H25NO/c1-12-5-6-16(19-4)14(7-12)8-13-9-15(18)11-17(2,3)10-13/h5-7,9,15H,8,10-11,18H2,1-4H3. The lowest BCUT2D eigenvalue weighted by Crippen LogP contribution is -2.31. The van der Waals surface area contributed by atoms with Crippen LogP contribution in [0.5, 0.6) is 5.75 Å². The molecule has 0 fully saturated rings. The molecule has 1 aromatic rings. The third-order valence-electron chi connectivity index (χ3n) is 3.80. The number of aryl methyl sites for hydroxylation is 1. The van der Waals surface area contributed by atoms with Gasteiger partial charge in [0.2, 0.25) is 0 Å². The number of hydrogen-bond acceptors (Lipinski definition) is 2. The van der Waals surface area contributed by atoms with E-state index in [-0.39, 0.29) is 6.04 Å². The zero-order chi connectivity index (χ0) is 14.0. The molecule has 0 amide bonds. The maximum Gasteiger partial charge on any atom is 0.122 e. The molecule has 2 nitrogen and oxygen atoms in total. The Morgan fingerprint density at radius 3 is 2.74 bits per heavy atom. The first-order valence-electron chi connectivity index (χ1n) is 6.98. The highest BCUT2D eigenvalue weighted by molar-refractivity contribution is 5.40. The molecule has 2 N–H and O–H groups in total. The predicted octanol–water partition coefficient (Wildman–Crippen LogP) is 3.62. The van der Waals surface area contributed by atoms with Crippen LogP contribution in [-0.4, -0.2) is 13.2 Å².